The summed E-state index contributed by atoms with van der Waals surface area (Å²) in [7, 11) is 0. The summed E-state index contributed by atoms with van der Waals surface area (Å²) in [4.78, 5) is 26.3. The Bertz CT molecular complexity index is 1090. The fourth-order valence-electron chi connectivity index (χ4n) is 3.57. The average molecular weight is 406 g/mol. The molecule has 0 bridgehead atoms. The fraction of sp³-hybridized carbons (Fsp3) is 0.300. The molecule has 0 fully saturated rings. The molecule has 28 heavy (non-hydrogen) atoms. The number of rotatable bonds is 3. The zero-order valence-corrected chi connectivity index (χ0v) is 16.1. The number of hydrogen-bond donors (Lipinski definition) is 3. The number of carbonyl (C=O) groups excluding carboxylic acids is 2. The van der Waals surface area contributed by atoms with E-state index in [0.29, 0.717) is 24.1 Å². The third-order valence-corrected chi connectivity index (χ3v) is 5.23. The normalized spacial score (nSPS) is 16.3. The van der Waals surface area contributed by atoms with Gasteiger partial charge in [0.2, 0.25) is 0 Å². The van der Waals surface area contributed by atoms with Crippen molar-refractivity contribution in [1.82, 2.24) is 10.3 Å². The van der Waals surface area contributed by atoms with Crippen molar-refractivity contribution in [3.8, 4) is 11.8 Å². The van der Waals surface area contributed by atoms with Gasteiger partial charge in [0.15, 0.2) is 11.6 Å². The van der Waals surface area contributed by atoms with Crippen molar-refractivity contribution in [2.45, 2.75) is 39.2 Å². The molecule has 0 aliphatic heterocycles. The second-order valence-corrected chi connectivity index (χ2v) is 6.99. The quantitative estimate of drug-likeness (QED) is 0.681. The Kier molecular flexibility index (Phi) is 5.43. The summed E-state index contributed by atoms with van der Waals surface area (Å²) < 4.78 is 29.7. The second kappa shape index (κ2) is 7.64. The molecule has 1 aliphatic carbocycles. The molecule has 1 atom stereocenters. The summed E-state index contributed by atoms with van der Waals surface area (Å²) >= 11 is 6.34. The third kappa shape index (κ3) is 3.36. The summed E-state index contributed by atoms with van der Waals surface area (Å²) in [5.41, 5.74) is 5.70. The number of fused-ring (bicyclic) bond motifs is 1. The maximum Gasteiger partial charge on any atom is 0.296 e. The van der Waals surface area contributed by atoms with Crippen LogP contribution in [0.15, 0.2) is 6.08 Å². The van der Waals surface area contributed by atoms with Gasteiger partial charge in [-0.1, -0.05) is 23.6 Å². The van der Waals surface area contributed by atoms with Crippen LogP contribution in [0.25, 0.3) is 16.5 Å². The lowest BCUT2D eigenvalue weighted by atomic mass is 9.87. The van der Waals surface area contributed by atoms with Gasteiger partial charge in [-0.3, -0.25) is 9.59 Å². The number of benzene rings is 1. The van der Waals surface area contributed by atoms with Gasteiger partial charge in [-0.15, -0.1) is 0 Å². The first-order valence-corrected chi connectivity index (χ1v) is 9.05. The number of halogens is 3. The fourth-order valence-corrected chi connectivity index (χ4v) is 3.80. The van der Waals surface area contributed by atoms with Gasteiger partial charge in [-0.05, 0) is 44.6 Å². The molecule has 0 spiro atoms. The average Bonchev–Trinajstić information content (AvgIpc) is 2.91. The van der Waals surface area contributed by atoms with E-state index >= 15 is 4.39 Å². The first kappa shape index (κ1) is 19.9. The highest BCUT2D eigenvalue weighted by molar-refractivity contribution is 6.37. The monoisotopic (exact) mass is 405 g/mol. The van der Waals surface area contributed by atoms with E-state index in [-0.39, 0.29) is 34.0 Å². The number of hydrogen-bond acceptors (Lipinski definition) is 2. The maximum atomic E-state index is 15.0. The Morgan fingerprint density at radius 1 is 1.36 bits per heavy atom. The topological polar surface area (TPSA) is 88.0 Å². The highest BCUT2D eigenvalue weighted by Crippen LogP contribution is 2.41. The number of H-pyrrole nitrogens is 1. The number of nitrogens with two attached hydrogens (primary N) is 1. The van der Waals surface area contributed by atoms with Gasteiger partial charge in [-0.2, -0.15) is 0 Å². The molecule has 146 valence electrons. The SMILES string of the molecule is CC#CC(=O)N[C@@H]1CCC=C(c2c(F)c(F)c(C(N)=O)c3[nH]c(C)c(Cl)c23)C1. The van der Waals surface area contributed by atoms with E-state index in [9.17, 15) is 14.0 Å². The summed E-state index contributed by atoms with van der Waals surface area (Å²) in [6, 6.07) is -0.277. The number of nitrogens with one attached hydrogen (secondary N) is 2. The molecule has 2 amide bonds. The lowest BCUT2D eigenvalue weighted by Crippen LogP contribution is -2.35. The molecule has 1 aromatic heterocycles. The van der Waals surface area contributed by atoms with Crippen molar-refractivity contribution in [2.24, 2.45) is 5.73 Å². The molecular formula is C20H18ClF2N3O2. The Morgan fingerprint density at radius 2 is 2.07 bits per heavy atom. The van der Waals surface area contributed by atoms with Crippen LogP contribution in [0.5, 0.6) is 0 Å². The highest BCUT2D eigenvalue weighted by atomic mass is 35.5. The first-order chi connectivity index (χ1) is 13.3. The summed E-state index contributed by atoms with van der Waals surface area (Å²) in [5.74, 6) is 0.890. The van der Waals surface area contributed by atoms with Crippen LogP contribution in [0.2, 0.25) is 5.02 Å². The molecule has 0 radical (unpaired) electrons. The largest absolute Gasteiger partial charge is 0.365 e. The number of aromatic amines is 1. The zero-order chi connectivity index (χ0) is 20.6. The van der Waals surface area contributed by atoms with Gasteiger partial charge >= 0.3 is 0 Å². The van der Waals surface area contributed by atoms with Crippen LogP contribution in [0.4, 0.5) is 8.78 Å². The molecule has 3 rings (SSSR count). The highest BCUT2D eigenvalue weighted by Gasteiger charge is 2.30. The Hall–Kier alpha value is -2.85. The lowest BCUT2D eigenvalue weighted by molar-refractivity contribution is -0.116. The summed E-state index contributed by atoms with van der Waals surface area (Å²) in [6.07, 6.45) is 3.27. The van der Waals surface area contributed by atoms with Crippen LogP contribution in [-0.2, 0) is 4.79 Å². The number of primary amides is 1. The predicted molar refractivity (Wildman–Crippen MR) is 104 cm³/mol. The summed E-state index contributed by atoms with van der Waals surface area (Å²) in [5, 5.41) is 3.16. The number of amides is 2. The van der Waals surface area contributed by atoms with Crippen molar-refractivity contribution in [3.05, 3.63) is 39.6 Å². The number of aromatic nitrogens is 1. The van der Waals surface area contributed by atoms with Gasteiger partial charge < -0.3 is 16.0 Å². The summed E-state index contributed by atoms with van der Waals surface area (Å²) in [6.45, 7) is 3.19. The van der Waals surface area contributed by atoms with Crippen molar-refractivity contribution in [3.63, 3.8) is 0 Å². The minimum atomic E-state index is -1.32. The maximum absolute atomic E-state index is 15.0. The van der Waals surface area contributed by atoms with E-state index in [1.54, 1.807) is 19.9 Å². The molecule has 0 unspecified atom stereocenters. The molecule has 1 heterocycles. The molecule has 1 aliphatic rings. The minimum Gasteiger partial charge on any atom is -0.365 e. The van der Waals surface area contributed by atoms with E-state index in [0.717, 1.165) is 0 Å². The lowest BCUT2D eigenvalue weighted by Gasteiger charge is -2.24. The van der Waals surface area contributed by atoms with E-state index in [1.807, 2.05) is 0 Å². The first-order valence-electron chi connectivity index (χ1n) is 8.67. The van der Waals surface area contributed by atoms with Crippen LogP contribution in [-0.4, -0.2) is 22.8 Å². The van der Waals surface area contributed by atoms with E-state index in [4.69, 9.17) is 17.3 Å². The Balaban J connectivity index is 2.15. The predicted octanol–water partition coefficient (Wildman–Crippen LogP) is 3.58. The van der Waals surface area contributed by atoms with Crippen molar-refractivity contribution < 1.29 is 18.4 Å². The standard InChI is InChI=1S/C20H18ClF2N3O2/c1-3-5-12(27)26-11-7-4-6-10(8-11)13-14-16(21)9(2)25-19(14)15(20(24)28)18(23)17(13)22/h6,11,25H,4,7-8H2,1-2H3,(H2,24,28)(H,26,27)/t11-/m1/s1. The van der Waals surface area contributed by atoms with Gasteiger partial charge in [0, 0.05) is 22.7 Å². The third-order valence-electron chi connectivity index (χ3n) is 4.76. The molecule has 0 saturated carbocycles. The van der Waals surface area contributed by atoms with Crippen LogP contribution < -0.4 is 11.1 Å². The van der Waals surface area contributed by atoms with E-state index in [2.05, 4.69) is 22.1 Å². The molecule has 8 heteroatoms. The van der Waals surface area contributed by atoms with Gasteiger partial charge in [-0.25, -0.2) is 8.78 Å². The number of carbonyl (C=O) groups is 2. The van der Waals surface area contributed by atoms with Crippen molar-refractivity contribution in [2.75, 3.05) is 0 Å². The number of aryl methyl sites for hydroxylation is 1. The van der Waals surface area contributed by atoms with Crippen LogP contribution in [0.3, 0.4) is 0 Å². The molecule has 1 aromatic carbocycles. The van der Waals surface area contributed by atoms with Crippen LogP contribution >= 0.6 is 11.6 Å². The van der Waals surface area contributed by atoms with Gasteiger partial charge in [0.25, 0.3) is 11.8 Å². The van der Waals surface area contributed by atoms with Gasteiger partial charge in [0.1, 0.15) is 5.56 Å². The zero-order valence-electron chi connectivity index (χ0n) is 15.3. The molecule has 4 N–H and O–H groups in total. The Labute approximate surface area is 165 Å². The van der Waals surface area contributed by atoms with Crippen LogP contribution in [0.1, 0.15) is 47.8 Å². The number of allylic oxidation sites excluding steroid dienone is 1. The smallest absolute Gasteiger partial charge is 0.296 e. The minimum absolute atomic E-state index is 0.0209. The van der Waals surface area contributed by atoms with E-state index < -0.39 is 29.0 Å². The van der Waals surface area contributed by atoms with Crippen molar-refractivity contribution >= 4 is 39.9 Å². The molecule has 0 saturated heterocycles. The van der Waals surface area contributed by atoms with Crippen LogP contribution in [0, 0.1) is 30.4 Å². The van der Waals surface area contributed by atoms with Crippen molar-refractivity contribution in [1.29, 1.82) is 0 Å². The second-order valence-electron chi connectivity index (χ2n) is 6.61. The molecular weight excluding hydrogens is 388 g/mol. The molecule has 5 nitrogen and oxygen atoms in total. The Morgan fingerprint density at radius 3 is 2.71 bits per heavy atom. The molecule has 2 aromatic rings. The van der Waals surface area contributed by atoms with Gasteiger partial charge in [0.05, 0.1) is 10.5 Å². The van der Waals surface area contributed by atoms with E-state index in [1.165, 1.54) is 0 Å².